The van der Waals surface area contributed by atoms with E-state index in [1.807, 2.05) is 19.1 Å². The normalized spacial score (nSPS) is 10.9. The zero-order chi connectivity index (χ0) is 11.8. The van der Waals surface area contributed by atoms with Crippen LogP contribution in [0.25, 0.3) is 6.08 Å². The van der Waals surface area contributed by atoms with Gasteiger partial charge < -0.3 is 4.74 Å². The van der Waals surface area contributed by atoms with Crippen molar-refractivity contribution in [3.8, 4) is 0 Å². The molecular formula is C14H18O2. The van der Waals surface area contributed by atoms with Crippen molar-refractivity contribution >= 4 is 11.9 Å². The van der Waals surface area contributed by atoms with Crippen LogP contribution in [0.3, 0.4) is 0 Å². The average molecular weight is 218 g/mol. The summed E-state index contributed by atoms with van der Waals surface area (Å²) in [4.78, 5) is 10.9. The fraction of sp³-hybridized carbons (Fsp3) is 0.357. The van der Waals surface area contributed by atoms with E-state index >= 15 is 0 Å². The van der Waals surface area contributed by atoms with Gasteiger partial charge in [-0.25, -0.2) is 0 Å². The first-order valence-corrected chi connectivity index (χ1v) is 5.55. The fourth-order valence-corrected chi connectivity index (χ4v) is 1.20. The van der Waals surface area contributed by atoms with E-state index in [9.17, 15) is 4.79 Å². The number of carbonyl (C=O) groups excluding carboxylic acids is 1. The first-order chi connectivity index (χ1) is 7.72. The number of hydrogen-bond acceptors (Lipinski definition) is 2. The minimum Gasteiger partial charge on any atom is -0.370 e. The lowest BCUT2D eigenvalue weighted by molar-refractivity contribution is -0.122. The number of rotatable bonds is 6. The molecule has 0 bridgehead atoms. The average Bonchev–Trinajstić information content (AvgIpc) is 2.31. The van der Waals surface area contributed by atoms with Crippen molar-refractivity contribution in [2.45, 2.75) is 20.3 Å². The predicted octanol–water partition coefficient (Wildman–Crippen LogP) is 3.00. The zero-order valence-electron chi connectivity index (χ0n) is 9.90. The molecule has 0 radical (unpaired) electrons. The van der Waals surface area contributed by atoms with Crippen LogP contribution < -0.4 is 0 Å². The third kappa shape index (κ3) is 4.89. The fourth-order valence-electron chi connectivity index (χ4n) is 1.20. The molecule has 0 aliphatic rings. The summed E-state index contributed by atoms with van der Waals surface area (Å²) in [5.74, 6) is 0.142. The topological polar surface area (TPSA) is 26.3 Å². The summed E-state index contributed by atoms with van der Waals surface area (Å²) in [5, 5.41) is 0. The molecule has 1 aromatic carbocycles. The van der Waals surface area contributed by atoms with Crippen LogP contribution in [-0.2, 0) is 9.53 Å². The summed E-state index contributed by atoms with van der Waals surface area (Å²) in [5.41, 5.74) is 2.40. The quantitative estimate of drug-likeness (QED) is 0.686. The third-order valence-corrected chi connectivity index (χ3v) is 2.26. The molecule has 0 saturated carbocycles. The molecule has 2 nitrogen and oxygen atoms in total. The largest absolute Gasteiger partial charge is 0.370 e. The van der Waals surface area contributed by atoms with Crippen molar-refractivity contribution in [1.29, 1.82) is 0 Å². The molecule has 0 fully saturated rings. The Morgan fingerprint density at radius 2 is 2.00 bits per heavy atom. The Hall–Kier alpha value is -1.41. The van der Waals surface area contributed by atoms with Gasteiger partial charge in [0.1, 0.15) is 6.61 Å². The van der Waals surface area contributed by atoms with E-state index in [0.717, 1.165) is 5.56 Å². The Labute approximate surface area is 96.9 Å². The van der Waals surface area contributed by atoms with E-state index in [-0.39, 0.29) is 12.4 Å². The molecule has 0 saturated heterocycles. The second kappa shape index (κ2) is 6.96. The van der Waals surface area contributed by atoms with Gasteiger partial charge in [-0.2, -0.15) is 0 Å². The maximum absolute atomic E-state index is 10.9. The molecule has 0 N–H and O–H groups in total. The van der Waals surface area contributed by atoms with Crippen molar-refractivity contribution in [3.63, 3.8) is 0 Å². The van der Waals surface area contributed by atoms with Gasteiger partial charge in [0.15, 0.2) is 5.78 Å². The Morgan fingerprint density at radius 1 is 1.31 bits per heavy atom. The molecule has 2 heteroatoms. The molecule has 1 rings (SSSR count). The van der Waals surface area contributed by atoms with Crippen LogP contribution >= 0.6 is 0 Å². The zero-order valence-corrected chi connectivity index (χ0v) is 9.90. The number of hydrogen-bond donors (Lipinski definition) is 0. The maximum atomic E-state index is 10.9. The van der Waals surface area contributed by atoms with Crippen LogP contribution in [0, 0.1) is 6.92 Å². The lowest BCUT2D eigenvalue weighted by atomic mass is 10.1. The second-order valence-electron chi connectivity index (χ2n) is 3.72. The Bertz CT molecular complexity index is 350. The van der Waals surface area contributed by atoms with Crippen molar-refractivity contribution in [3.05, 3.63) is 41.5 Å². The Kier molecular flexibility index (Phi) is 5.51. The van der Waals surface area contributed by atoms with Gasteiger partial charge in [0.2, 0.25) is 0 Å². The smallest absolute Gasteiger partial charge is 0.158 e. The van der Waals surface area contributed by atoms with Gasteiger partial charge in [-0.15, -0.1) is 0 Å². The predicted molar refractivity (Wildman–Crippen MR) is 66.3 cm³/mol. The van der Waals surface area contributed by atoms with Gasteiger partial charge in [-0.05, 0) is 12.5 Å². The monoisotopic (exact) mass is 218 g/mol. The molecule has 16 heavy (non-hydrogen) atoms. The SMILES string of the molecule is CCC(=O)COC/C=C/c1ccc(C)cc1. The summed E-state index contributed by atoms with van der Waals surface area (Å²) >= 11 is 0. The van der Waals surface area contributed by atoms with Crippen molar-refractivity contribution < 1.29 is 9.53 Å². The van der Waals surface area contributed by atoms with E-state index in [2.05, 4.69) is 31.2 Å². The summed E-state index contributed by atoms with van der Waals surface area (Å²) in [6.07, 6.45) is 4.46. The van der Waals surface area contributed by atoms with Crippen LogP contribution in [0.4, 0.5) is 0 Å². The van der Waals surface area contributed by atoms with Gasteiger partial charge in [0.05, 0.1) is 6.61 Å². The third-order valence-electron chi connectivity index (χ3n) is 2.26. The van der Waals surface area contributed by atoms with Gasteiger partial charge >= 0.3 is 0 Å². The Balaban J connectivity index is 2.27. The lowest BCUT2D eigenvalue weighted by Crippen LogP contribution is -2.06. The molecule has 0 aliphatic carbocycles. The van der Waals surface area contributed by atoms with E-state index in [1.54, 1.807) is 0 Å². The molecule has 1 aromatic rings. The van der Waals surface area contributed by atoms with Crippen molar-refractivity contribution in [2.75, 3.05) is 13.2 Å². The summed E-state index contributed by atoms with van der Waals surface area (Å²) in [6.45, 7) is 4.61. The van der Waals surface area contributed by atoms with E-state index in [0.29, 0.717) is 13.0 Å². The van der Waals surface area contributed by atoms with Crippen molar-refractivity contribution in [2.24, 2.45) is 0 Å². The van der Waals surface area contributed by atoms with Crippen LogP contribution in [-0.4, -0.2) is 19.0 Å². The van der Waals surface area contributed by atoms with E-state index < -0.39 is 0 Å². The number of Topliss-reactive ketones (excluding diaryl/α,β-unsaturated/α-hetero) is 1. The molecule has 0 unspecified atom stereocenters. The number of benzene rings is 1. The number of ketones is 1. The highest BCUT2D eigenvalue weighted by Crippen LogP contribution is 2.04. The van der Waals surface area contributed by atoms with E-state index in [1.165, 1.54) is 5.56 Å². The molecule has 86 valence electrons. The van der Waals surface area contributed by atoms with E-state index in [4.69, 9.17) is 4.74 Å². The molecule has 0 aliphatic heterocycles. The number of ether oxygens (including phenoxy) is 1. The highest BCUT2D eigenvalue weighted by molar-refractivity contribution is 5.79. The molecule has 0 spiro atoms. The number of aryl methyl sites for hydroxylation is 1. The maximum Gasteiger partial charge on any atom is 0.158 e. The molecule has 0 aromatic heterocycles. The van der Waals surface area contributed by atoms with Gasteiger partial charge in [-0.3, -0.25) is 4.79 Å². The van der Waals surface area contributed by atoms with Crippen LogP contribution in [0.5, 0.6) is 0 Å². The van der Waals surface area contributed by atoms with Gasteiger partial charge in [0.25, 0.3) is 0 Å². The second-order valence-corrected chi connectivity index (χ2v) is 3.72. The molecular weight excluding hydrogens is 200 g/mol. The minimum absolute atomic E-state index is 0.142. The van der Waals surface area contributed by atoms with Crippen LogP contribution in [0.1, 0.15) is 24.5 Å². The molecule has 0 amide bonds. The van der Waals surface area contributed by atoms with Gasteiger partial charge in [-0.1, -0.05) is 48.9 Å². The minimum atomic E-state index is 0.142. The summed E-state index contributed by atoms with van der Waals surface area (Å²) in [6, 6.07) is 8.26. The first-order valence-electron chi connectivity index (χ1n) is 5.55. The Morgan fingerprint density at radius 3 is 2.62 bits per heavy atom. The van der Waals surface area contributed by atoms with Gasteiger partial charge in [0, 0.05) is 6.42 Å². The summed E-state index contributed by atoms with van der Waals surface area (Å²) in [7, 11) is 0. The summed E-state index contributed by atoms with van der Waals surface area (Å²) < 4.78 is 5.20. The molecule has 0 heterocycles. The standard InChI is InChI=1S/C14H18O2/c1-3-14(15)11-16-10-4-5-13-8-6-12(2)7-9-13/h4-9H,3,10-11H2,1-2H3/b5-4+. The highest BCUT2D eigenvalue weighted by Gasteiger charge is 1.95. The lowest BCUT2D eigenvalue weighted by Gasteiger charge is -1.98. The first kappa shape index (κ1) is 12.7. The molecule has 0 atom stereocenters. The van der Waals surface area contributed by atoms with Crippen molar-refractivity contribution in [1.82, 2.24) is 0 Å². The number of carbonyl (C=O) groups is 1. The van der Waals surface area contributed by atoms with Crippen LogP contribution in [0.15, 0.2) is 30.3 Å². The van der Waals surface area contributed by atoms with Crippen LogP contribution in [0.2, 0.25) is 0 Å². The highest BCUT2D eigenvalue weighted by atomic mass is 16.5.